The molecule has 1 aromatic heterocycles. The number of anilines is 2. The molecule has 7 nitrogen and oxygen atoms in total. The smallest absolute Gasteiger partial charge is 0.205 e. The van der Waals surface area contributed by atoms with Crippen molar-refractivity contribution in [1.82, 2.24) is 0 Å². The van der Waals surface area contributed by atoms with Crippen molar-refractivity contribution in [3.05, 3.63) is 41.3 Å². The maximum Gasteiger partial charge on any atom is 0.205 e. The number of benzene rings is 1. The zero-order valence-corrected chi connectivity index (χ0v) is 16.7. The van der Waals surface area contributed by atoms with Crippen molar-refractivity contribution >= 4 is 49.2 Å². The minimum Gasteiger partial charge on any atom is -0.374 e. The Balaban J connectivity index is 1.42. The number of amidine groups is 1. The van der Waals surface area contributed by atoms with E-state index in [1.165, 1.54) is 11.3 Å². The third kappa shape index (κ3) is 2.68. The highest BCUT2D eigenvalue weighted by molar-refractivity contribution is 7.91. The summed E-state index contributed by atoms with van der Waals surface area (Å²) < 4.78 is 23.2. The lowest BCUT2D eigenvalue weighted by atomic mass is 9.90. The van der Waals surface area contributed by atoms with Gasteiger partial charge in [-0.05, 0) is 35.7 Å². The Morgan fingerprint density at radius 1 is 1.04 bits per heavy atom. The average Bonchev–Trinajstić information content (AvgIpc) is 3.28. The maximum absolute atomic E-state index is 12.8. The molecule has 4 heterocycles. The molecule has 1 unspecified atom stereocenters. The second-order valence-electron chi connectivity index (χ2n) is 7.32. The molecule has 1 N–H and O–H groups in total. The largest absolute Gasteiger partial charge is 0.374 e. The van der Waals surface area contributed by atoms with Gasteiger partial charge in [-0.15, -0.1) is 11.3 Å². The summed E-state index contributed by atoms with van der Waals surface area (Å²) in [7, 11) is -2.91. The molecule has 2 aromatic rings. The van der Waals surface area contributed by atoms with Gasteiger partial charge in [-0.2, -0.15) is 0 Å². The molecule has 0 amide bonds. The number of rotatable bonds is 2. The van der Waals surface area contributed by atoms with Crippen LogP contribution in [0.4, 0.5) is 16.4 Å². The Hall–Kier alpha value is -2.23. The second-order valence-corrected chi connectivity index (χ2v) is 10.5. The van der Waals surface area contributed by atoms with Crippen LogP contribution in [0.3, 0.4) is 0 Å². The lowest BCUT2D eigenvalue weighted by molar-refractivity contribution is 0.0603. The van der Waals surface area contributed by atoms with Gasteiger partial charge in [0.05, 0.1) is 17.1 Å². The Bertz CT molecular complexity index is 1080. The number of ketones is 1. The van der Waals surface area contributed by atoms with E-state index in [-0.39, 0.29) is 17.3 Å². The first-order chi connectivity index (χ1) is 13.4. The predicted octanol–water partition coefficient (Wildman–Crippen LogP) is 1.85. The van der Waals surface area contributed by atoms with E-state index in [4.69, 9.17) is 0 Å². The predicted molar refractivity (Wildman–Crippen MR) is 110 cm³/mol. The number of sulfone groups is 1. The molecule has 2 fully saturated rings. The molecule has 9 heteroatoms. The number of carbonyl (C=O) groups is 1. The molecule has 5 rings (SSSR count). The van der Waals surface area contributed by atoms with E-state index in [0.717, 1.165) is 11.4 Å². The van der Waals surface area contributed by atoms with E-state index >= 15 is 0 Å². The molecule has 0 spiro atoms. The summed E-state index contributed by atoms with van der Waals surface area (Å²) >= 11 is 1.39. The first-order valence-electron chi connectivity index (χ1n) is 9.14. The molecule has 0 aliphatic carbocycles. The summed E-state index contributed by atoms with van der Waals surface area (Å²) in [4.78, 5) is 21.3. The van der Waals surface area contributed by atoms with Crippen LogP contribution in [0.15, 0.2) is 40.7 Å². The fraction of sp³-hybridized carbons (Fsp3) is 0.368. The van der Waals surface area contributed by atoms with Crippen molar-refractivity contribution in [2.24, 2.45) is 4.99 Å². The lowest BCUT2D eigenvalue weighted by Crippen LogP contribution is -2.48. The van der Waals surface area contributed by atoms with Gasteiger partial charge in [0.25, 0.3) is 0 Å². The number of aliphatic hydroxyl groups is 1. The van der Waals surface area contributed by atoms with Crippen molar-refractivity contribution in [1.29, 1.82) is 0 Å². The summed E-state index contributed by atoms with van der Waals surface area (Å²) in [5.41, 5.74) is 0.758. The zero-order valence-electron chi connectivity index (χ0n) is 15.0. The van der Waals surface area contributed by atoms with Crippen LogP contribution >= 0.6 is 11.3 Å². The van der Waals surface area contributed by atoms with Crippen molar-refractivity contribution in [3.8, 4) is 0 Å². The summed E-state index contributed by atoms with van der Waals surface area (Å²) in [5, 5.41) is 13.5. The summed E-state index contributed by atoms with van der Waals surface area (Å²) in [6.07, 6.45) is 0.311. The van der Waals surface area contributed by atoms with E-state index in [1.54, 1.807) is 6.07 Å². The Morgan fingerprint density at radius 3 is 2.43 bits per heavy atom. The first kappa shape index (κ1) is 17.8. The van der Waals surface area contributed by atoms with Crippen LogP contribution < -0.4 is 9.80 Å². The molecule has 146 valence electrons. The van der Waals surface area contributed by atoms with E-state index in [9.17, 15) is 18.3 Å². The van der Waals surface area contributed by atoms with E-state index in [1.807, 2.05) is 34.5 Å². The van der Waals surface area contributed by atoms with Gasteiger partial charge in [-0.3, -0.25) is 4.79 Å². The Labute approximate surface area is 166 Å². The highest BCUT2D eigenvalue weighted by Crippen LogP contribution is 2.41. The molecule has 2 saturated heterocycles. The van der Waals surface area contributed by atoms with Gasteiger partial charge in [-0.1, -0.05) is 0 Å². The number of Topliss-reactive ketones (excluding diaryl/α,β-unsaturated/α-hetero) is 1. The van der Waals surface area contributed by atoms with Crippen LogP contribution in [0.2, 0.25) is 0 Å². The normalized spacial score (nSPS) is 26.0. The fourth-order valence-electron chi connectivity index (χ4n) is 4.03. The average molecular weight is 418 g/mol. The Kier molecular flexibility index (Phi) is 3.91. The third-order valence-electron chi connectivity index (χ3n) is 5.67. The molecular weight excluding hydrogens is 398 g/mol. The summed E-state index contributed by atoms with van der Waals surface area (Å²) in [6, 6.07) is 9.48. The highest BCUT2D eigenvalue weighted by Gasteiger charge is 2.52. The van der Waals surface area contributed by atoms with Gasteiger partial charge in [0, 0.05) is 37.4 Å². The van der Waals surface area contributed by atoms with Crippen LogP contribution in [0, 0.1) is 0 Å². The number of hydrogen-bond acceptors (Lipinski definition) is 8. The summed E-state index contributed by atoms with van der Waals surface area (Å²) in [5.74, 6) is 0.470. The zero-order chi connectivity index (χ0) is 19.5. The van der Waals surface area contributed by atoms with Gasteiger partial charge < -0.3 is 14.9 Å². The van der Waals surface area contributed by atoms with Gasteiger partial charge in [-0.25, -0.2) is 13.4 Å². The standard InChI is InChI=1S/C19H19N3O4S2/c23-16-15-5-10-27-17(15)20-18-19(16,24)6-7-22(18)14-3-1-13(2-4-14)21-8-11-28(25,26)12-9-21/h1-5,10,24H,6-9,11-12H2. The third-order valence-corrected chi connectivity index (χ3v) is 8.08. The molecule has 3 aliphatic rings. The minimum atomic E-state index is -2.91. The first-order valence-corrected chi connectivity index (χ1v) is 11.8. The van der Waals surface area contributed by atoms with E-state index < -0.39 is 15.4 Å². The molecule has 0 radical (unpaired) electrons. The summed E-state index contributed by atoms with van der Waals surface area (Å²) in [6.45, 7) is 1.50. The van der Waals surface area contributed by atoms with Gasteiger partial charge in [0.2, 0.25) is 5.78 Å². The van der Waals surface area contributed by atoms with Gasteiger partial charge >= 0.3 is 0 Å². The van der Waals surface area contributed by atoms with Gasteiger partial charge in [0.15, 0.2) is 21.3 Å². The number of nitrogens with zero attached hydrogens (tertiary/aromatic N) is 3. The molecule has 1 aromatic carbocycles. The highest BCUT2D eigenvalue weighted by atomic mass is 32.2. The molecular formula is C19H19N3O4S2. The van der Waals surface area contributed by atoms with Gasteiger partial charge in [0.1, 0.15) is 5.00 Å². The molecule has 1 atom stereocenters. The Morgan fingerprint density at radius 2 is 1.71 bits per heavy atom. The number of thiophene rings is 1. The van der Waals surface area contributed by atoms with Crippen LogP contribution in [0.5, 0.6) is 0 Å². The van der Waals surface area contributed by atoms with Crippen LogP contribution in [0.1, 0.15) is 16.8 Å². The molecule has 0 bridgehead atoms. The van der Waals surface area contributed by atoms with Crippen molar-refractivity contribution in [3.63, 3.8) is 0 Å². The van der Waals surface area contributed by atoms with Crippen molar-refractivity contribution < 1.29 is 18.3 Å². The van der Waals surface area contributed by atoms with E-state index in [0.29, 0.717) is 42.5 Å². The van der Waals surface area contributed by atoms with Crippen molar-refractivity contribution in [2.75, 3.05) is 40.9 Å². The molecule has 28 heavy (non-hydrogen) atoms. The number of fused-ring (bicyclic) bond motifs is 2. The topological polar surface area (TPSA) is 90.3 Å². The number of hydrogen-bond donors (Lipinski definition) is 1. The van der Waals surface area contributed by atoms with Crippen molar-refractivity contribution in [2.45, 2.75) is 12.0 Å². The lowest BCUT2D eigenvalue weighted by Gasteiger charge is -2.30. The SMILES string of the molecule is O=C1c2ccsc2N=C2N(c3ccc(N4CCS(=O)(=O)CC4)cc3)CCC12O. The number of carbonyl (C=O) groups excluding carboxylic acids is 1. The van der Waals surface area contributed by atoms with E-state index in [2.05, 4.69) is 9.89 Å². The monoisotopic (exact) mass is 417 g/mol. The fourth-order valence-corrected chi connectivity index (χ4v) is 5.99. The van der Waals surface area contributed by atoms with Crippen LogP contribution in [0.25, 0.3) is 0 Å². The van der Waals surface area contributed by atoms with Crippen LogP contribution in [-0.2, 0) is 9.84 Å². The molecule has 0 saturated carbocycles. The van der Waals surface area contributed by atoms with Crippen LogP contribution in [-0.4, -0.2) is 61.9 Å². The molecule has 3 aliphatic heterocycles. The quantitative estimate of drug-likeness (QED) is 0.802. The number of aliphatic imine (C=N–C) groups is 1. The minimum absolute atomic E-state index is 0.177. The second kappa shape index (κ2) is 6.13. The maximum atomic E-state index is 12.8.